The molecule has 20 nitrogen and oxygen atoms in total. The molecule has 2 bridgehead atoms. The van der Waals surface area contributed by atoms with E-state index in [9.17, 15) is 38.4 Å². The van der Waals surface area contributed by atoms with Crippen LogP contribution in [0, 0.1) is 11.3 Å². The molecule has 2 atom stereocenters. The monoisotopic (exact) mass is 1160 g/mol. The van der Waals surface area contributed by atoms with Crippen LogP contribution in [0.2, 0.25) is 0 Å². The highest BCUT2D eigenvalue weighted by Gasteiger charge is 2.56. The molecule has 3 aliphatic rings. The Kier molecular flexibility index (Phi) is 20.7. The minimum atomic E-state index is -1.68. The number of halogens is 3. The van der Waals surface area contributed by atoms with E-state index in [-0.39, 0.29) is 97.0 Å². The molecule has 0 aromatic carbocycles. The Bertz CT molecular complexity index is 1780. The summed E-state index contributed by atoms with van der Waals surface area (Å²) in [6, 6.07) is 0. The fourth-order valence-corrected chi connectivity index (χ4v) is 6.85. The first kappa shape index (κ1) is 59.1. The zero-order valence-corrected chi connectivity index (χ0v) is 45.9. The van der Waals surface area contributed by atoms with Gasteiger partial charge in [-0.25, -0.2) is 0 Å². The topological polar surface area (TPSA) is 250 Å². The van der Waals surface area contributed by atoms with Crippen LogP contribution in [0.4, 0.5) is 0 Å². The van der Waals surface area contributed by atoms with Gasteiger partial charge in [-0.05, 0) is 89.5 Å². The van der Waals surface area contributed by atoms with Gasteiger partial charge in [0, 0.05) is 31.5 Å². The maximum Gasteiger partial charge on any atom is 0.323 e. The third-order valence-electron chi connectivity index (χ3n) is 10.9. The van der Waals surface area contributed by atoms with Crippen molar-refractivity contribution in [1.82, 2.24) is 20.9 Å². The van der Waals surface area contributed by atoms with E-state index in [4.69, 9.17) is 37.9 Å². The number of imide groups is 1. The van der Waals surface area contributed by atoms with Crippen molar-refractivity contribution in [2.45, 2.75) is 132 Å². The second-order valence-electron chi connectivity index (χ2n) is 19.9. The summed E-state index contributed by atoms with van der Waals surface area (Å²) in [6.45, 7) is 18.0. The van der Waals surface area contributed by atoms with Crippen LogP contribution >= 0.6 is 47.8 Å². The summed E-state index contributed by atoms with van der Waals surface area (Å²) in [7, 11) is 0. The summed E-state index contributed by atoms with van der Waals surface area (Å²) in [6.07, 6.45) is 1.20. The minimum absolute atomic E-state index is 0.0110. The quantitative estimate of drug-likeness (QED) is 0.0320. The lowest BCUT2D eigenvalue weighted by Gasteiger charge is -2.37. The lowest BCUT2D eigenvalue weighted by molar-refractivity contribution is -0.167. The number of amides is 5. The number of likely N-dealkylation sites (tertiary alicyclic amines) is 1. The fourth-order valence-electron chi connectivity index (χ4n) is 6.61. The van der Waals surface area contributed by atoms with Gasteiger partial charge in [-0.3, -0.25) is 43.3 Å². The number of carbonyl (C=O) groups is 8. The zero-order valence-electron chi connectivity index (χ0n) is 41.2. The maximum atomic E-state index is 13.7. The molecule has 3 aliphatic heterocycles. The van der Waals surface area contributed by atoms with Crippen molar-refractivity contribution in [3.05, 3.63) is 11.3 Å². The lowest BCUT2D eigenvalue weighted by Crippen LogP contribution is -2.60. The fraction of sp³-hybridized carbons (Fsp3) is 0.778. The van der Waals surface area contributed by atoms with Crippen LogP contribution in [0.15, 0.2) is 11.3 Å². The highest BCUT2D eigenvalue weighted by Crippen LogP contribution is 2.47. The van der Waals surface area contributed by atoms with Gasteiger partial charge in [0.15, 0.2) is 16.8 Å². The molecule has 0 spiro atoms. The predicted molar refractivity (Wildman–Crippen MR) is 256 cm³/mol. The maximum absolute atomic E-state index is 13.7. The average molecular weight is 1160 g/mol. The van der Waals surface area contributed by atoms with Gasteiger partial charge in [0.2, 0.25) is 5.91 Å². The van der Waals surface area contributed by atoms with Crippen molar-refractivity contribution in [3.63, 3.8) is 0 Å². The molecule has 3 N–H and O–H groups in total. The average Bonchev–Trinajstić information content (AvgIpc) is 3.91. The second kappa shape index (κ2) is 23.8. The summed E-state index contributed by atoms with van der Waals surface area (Å²) in [5.41, 5.74) is -5.90. The molecule has 23 heteroatoms. The van der Waals surface area contributed by atoms with Crippen LogP contribution < -0.4 is 16.0 Å². The first-order chi connectivity index (χ1) is 31.1. The normalized spacial score (nSPS) is 17.7. The predicted octanol–water partition coefficient (Wildman–Crippen LogP) is 3.31. The van der Waals surface area contributed by atoms with E-state index < -0.39 is 76.7 Å². The number of hydrogen-bond donors (Lipinski definition) is 3. The van der Waals surface area contributed by atoms with E-state index in [0.717, 1.165) is 6.42 Å². The molecule has 0 radical (unpaired) electrons. The highest BCUT2D eigenvalue weighted by molar-refractivity contribution is 9.10. The van der Waals surface area contributed by atoms with E-state index in [1.807, 2.05) is 0 Å². The van der Waals surface area contributed by atoms with Gasteiger partial charge in [-0.1, -0.05) is 47.8 Å². The van der Waals surface area contributed by atoms with Crippen LogP contribution in [-0.2, 0) is 76.3 Å². The highest BCUT2D eigenvalue weighted by atomic mass is 79.9. The van der Waals surface area contributed by atoms with Crippen molar-refractivity contribution >= 4 is 95.2 Å². The summed E-state index contributed by atoms with van der Waals surface area (Å²) in [5.74, 6) is -4.62. The molecule has 2 unspecified atom stereocenters. The van der Waals surface area contributed by atoms with Crippen molar-refractivity contribution in [3.8, 4) is 0 Å². The Morgan fingerprint density at radius 2 is 0.926 bits per heavy atom. The van der Waals surface area contributed by atoms with Crippen molar-refractivity contribution in [1.29, 1.82) is 0 Å². The number of fused-ring (bicyclic) bond motifs is 4. The number of hydrogen-bond acceptors (Lipinski definition) is 16. The van der Waals surface area contributed by atoms with E-state index >= 15 is 0 Å². The summed E-state index contributed by atoms with van der Waals surface area (Å²) < 4.78 is 41.9. The summed E-state index contributed by atoms with van der Waals surface area (Å²) in [5, 5.41) is 8.34. The number of esters is 3. The zero-order chi connectivity index (χ0) is 51.7. The standard InChI is InChI=1S/C45H69Br3N4O16/c1-39(2,46)36(58)66-42(7,8)33(55)49-23-45(24-50-34(56)43(9,10)67-37(59)40(3,4)47,25-51-35(57)44(11,12)68-38(60)41(5,6)48)26-64-22-21-63-20-19-62-18-17-61-16-15-52-31(53)29-27-13-14-28(65-27)30(29)32(52)54/h27,29H,13-26H2,1-12H3,(H,49,55)(H,50,56)(H,51,57). The van der Waals surface area contributed by atoms with Gasteiger partial charge in [0.05, 0.1) is 65.0 Å². The molecule has 5 amide bonds. The van der Waals surface area contributed by atoms with Crippen molar-refractivity contribution < 1.29 is 76.3 Å². The number of nitrogens with one attached hydrogen (secondary N) is 3. The van der Waals surface area contributed by atoms with Crippen molar-refractivity contribution in [2.24, 2.45) is 11.3 Å². The molecule has 2 saturated heterocycles. The first-order valence-corrected chi connectivity index (χ1v) is 24.7. The lowest BCUT2D eigenvalue weighted by atomic mass is 9.87. The van der Waals surface area contributed by atoms with Gasteiger partial charge in [-0.15, -0.1) is 0 Å². The van der Waals surface area contributed by atoms with Gasteiger partial charge in [-0.2, -0.15) is 0 Å². The Morgan fingerprint density at radius 1 is 0.574 bits per heavy atom. The third-order valence-corrected chi connectivity index (χ3v) is 11.9. The first-order valence-electron chi connectivity index (χ1n) is 22.3. The SMILES string of the molecule is CC(C)(Br)C(=O)OC(C)(C)C(=O)NCC(CNC(=O)C(C)(C)OC(=O)C(C)(C)Br)(CNC(=O)C(C)(C)OC(=O)C(C)(C)Br)COCCOCCOCCOCCN1C(=O)C2=C3CCC(O3)C2C1=O. The van der Waals surface area contributed by atoms with E-state index in [1.54, 1.807) is 41.5 Å². The van der Waals surface area contributed by atoms with Crippen LogP contribution in [0.3, 0.4) is 0 Å². The molecule has 3 rings (SSSR count). The largest absolute Gasteiger partial charge is 0.493 e. The van der Waals surface area contributed by atoms with Crippen molar-refractivity contribution in [2.75, 3.05) is 79.0 Å². The molecular weight excluding hydrogens is 1090 g/mol. The molecule has 0 aromatic heterocycles. The molecular formula is C45H69Br3N4O16. The molecule has 68 heavy (non-hydrogen) atoms. The molecule has 0 aromatic rings. The van der Waals surface area contributed by atoms with Crippen LogP contribution in [-0.4, -0.2) is 167 Å². The van der Waals surface area contributed by atoms with Gasteiger partial charge < -0.3 is 53.8 Å². The van der Waals surface area contributed by atoms with Crippen LogP contribution in [0.25, 0.3) is 0 Å². The number of nitrogens with zero attached hydrogens (tertiary/aromatic N) is 1. The Morgan fingerprint density at radius 3 is 1.28 bits per heavy atom. The molecule has 386 valence electrons. The van der Waals surface area contributed by atoms with Crippen LogP contribution in [0.1, 0.15) is 95.9 Å². The second-order valence-corrected chi connectivity index (χ2v) is 25.8. The number of rotatable bonds is 29. The van der Waals surface area contributed by atoms with E-state index in [0.29, 0.717) is 17.8 Å². The molecule has 3 heterocycles. The number of allylic oxidation sites excluding steroid dienone is 1. The molecule has 2 fully saturated rings. The smallest absolute Gasteiger partial charge is 0.323 e. The number of ether oxygens (including phenoxy) is 8. The summed E-state index contributed by atoms with van der Waals surface area (Å²) >= 11 is 9.73. The van der Waals surface area contributed by atoms with E-state index in [2.05, 4.69) is 63.7 Å². The van der Waals surface area contributed by atoms with Crippen LogP contribution in [0.5, 0.6) is 0 Å². The molecule has 0 saturated carbocycles. The Hall–Kier alpha value is -3.22. The summed E-state index contributed by atoms with van der Waals surface area (Å²) in [4.78, 5) is 106. The third kappa shape index (κ3) is 16.7. The Balaban J connectivity index is 1.65. The number of alkyl halides is 3. The number of carbonyl (C=O) groups excluding carboxylic acids is 8. The van der Waals surface area contributed by atoms with Gasteiger partial charge in [0.25, 0.3) is 23.6 Å². The Labute approximate surface area is 423 Å². The minimum Gasteiger partial charge on any atom is -0.493 e. The van der Waals surface area contributed by atoms with E-state index in [1.165, 1.54) is 46.4 Å². The molecule has 0 aliphatic carbocycles. The van der Waals surface area contributed by atoms with Gasteiger partial charge >= 0.3 is 17.9 Å². The van der Waals surface area contributed by atoms with Gasteiger partial charge in [0.1, 0.15) is 30.8 Å².